The Bertz CT molecular complexity index is 528. The molecule has 102 valence electrons. The van der Waals surface area contributed by atoms with Crippen LogP contribution in [0.4, 0.5) is 11.4 Å². The van der Waals surface area contributed by atoms with Crippen LogP contribution < -0.4 is 10.2 Å². The lowest BCUT2D eigenvalue weighted by atomic mass is 9.96. The van der Waals surface area contributed by atoms with Gasteiger partial charge in [-0.25, -0.2) is 0 Å². The molecule has 0 bridgehead atoms. The van der Waals surface area contributed by atoms with Crippen molar-refractivity contribution in [2.24, 2.45) is 0 Å². The number of nitrogens with one attached hydrogen (secondary N) is 1. The van der Waals surface area contributed by atoms with Crippen LogP contribution in [-0.4, -0.2) is 24.2 Å². The van der Waals surface area contributed by atoms with Gasteiger partial charge in [0, 0.05) is 19.2 Å². The van der Waals surface area contributed by atoms with Crippen LogP contribution in [0.1, 0.15) is 24.5 Å². The first-order chi connectivity index (χ1) is 9.04. The summed E-state index contributed by atoms with van der Waals surface area (Å²) in [6.45, 7) is 4.13. The minimum atomic E-state index is -0.105. The monoisotopic (exact) mass is 280 g/mol. The average Bonchev–Trinajstić information content (AvgIpc) is 2.40. The fourth-order valence-corrected chi connectivity index (χ4v) is 2.68. The summed E-state index contributed by atoms with van der Waals surface area (Å²) in [6, 6.07) is 3.81. The van der Waals surface area contributed by atoms with Gasteiger partial charge in [-0.2, -0.15) is 0 Å². The van der Waals surface area contributed by atoms with Crippen LogP contribution in [0.15, 0.2) is 12.1 Å². The molecule has 19 heavy (non-hydrogen) atoms. The number of anilines is 2. The third-order valence-electron chi connectivity index (χ3n) is 3.29. The quantitative estimate of drug-likeness (QED) is 0.846. The summed E-state index contributed by atoms with van der Waals surface area (Å²) in [4.78, 5) is 24.9. The molecule has 0 spiro atoms. The van der Waals surface area contributed by atoms with Crippen molar-refractivity contribution in [3.8, 4) is 0 Å². The zero-order chi connectivity index (χ0) is 14.0. The lowest BCUT2D eigenvalue weighted by Gasteiger charge is -2.32. The predicted molar refractivity (Wildman–Crippen MR) is 76.9 cm³/mol. The first-order valence-electron chi connectivity index (χ1n) is 6.31. The van der Waals surface area contributed by atoms with Crippen molar-refractivity contribution >= 4 is 34.8 Å². The van der Waals surface area contributed by atoms with Crippen LogP contribution in [0, 0.1) is 6.92 Å². The fraction of sp³-hybridized carbons (Fsp3) is 0.429. The maximum atomic E-state index is 11.9. The number of nitrogens with zero attached hydrogens (tertiary/aromatic N) is 1. The summed E-state index contributed by atoms with van der Waals surface area (Å²) in [5.74, 6) is -0.221. The molecule has 0 aromatic heterocycles. The third kappa shape index (κ3) is 2.73. The standard InChI is InChI=1S/C14H17ClN2O2/c1-9-5-6-12(16-10(2)18)11-4-3-7-17(14(9)11)13(19)8-15/h5-6H,3-4,7-8H2,1-2H3,(H,16,18). The zero-order valence-corrected chi connectivity index (χ0v) is 11.9. The van der Waals surface area contributed by atoms with E-state index in [-0.39, 0.29) is 17.7 Å². The highest BCUT2D eigenvalue weighted by molar-refractivity contribution is 6.29. The maximum Gasteiger partial charge on any atom is 0.241 e. The Balaban J connectivity index is 2.50. The summed E-state index contributed by atoms with van der Waals surface area (Å²) in [6.07, 6.45) is 1.74. The molecular weight excluding hydrogens is 264 g/mol. The van der Waals surface area contributed by atoms with E-state index in [2.05, 4.69) is 5.32 Å². The number of rotatable bonds is 2. The number of amides is 2. The Morgan fingerprint density at radius 3 is 2.79 bits per heavy atom. The Hall–Kier alpha value is -1.55. The van der Waals surface area contributed by atoms with Crippen LogP contribution >= 0.6 is 11.6 Å². The van der Waals surface area contributed by atoms with Gasteiger partial charge in [-0.3, -0.25) is 9.59 Å². The number of carbonyl (C=O) groups excluding carboxylic acids is 2. The highest BCUT2D eigenvalue weighted by atomic mass is 35.5. The molecule has 0 fully saturated rings. The molecule has 0 saturated heterocycles. The van der Waals surface area contributed by atoms with Crippen LogP contribution in [0.25, 0.3) is 0 Å². The zero-order valence-electron chi connectivity index (χ0n) is 11.1. The van der Waals surface area contributed by atoms with E-state index >= 15 is 0 Å². The van der Waals surface area contributed by atoms with Gasteiger partial charge in [0.2, 0.25) is 11.8 Å². The van der Waals surface area contributed by atoms with Crippen molar-refractivity contribution in [2.45, 2.75) is 26.7 Å². The van der Waals surface area contributed by atoms with Gasteiger partial charge in [0.15, 0.2) is 0 Å². The number of hydrogen-bond donors (Lipinski definition) is 1. The molecule has 4 nitrogen and oxygen atoms in total. The molecule has 5 heteroatoms. The van der Waals surface area contributed by atoms with Crippen molar-refractivity contribution in [2.75, 3.05) is 22.6 Å². The number of benzene rings is 1. The van der Waals surface area contributed by atoms with Gasteiger partial charge in [0.05, 0.1) is 5.69 Å². The third-order valence-corrected chi connectivity index (χ3v) is 3.52. The second-order valence-corrected chi connectivity index (χ2v) is 4.99. The largest absolute Gasteiger partial charge is 0.326 e. The molecule has 1 aromatic carbocycles. The van der Waals surface area contributed by atoms with Crippen molar-refractivity contribution in [1.29, 1.82) is 0 Å². The molecule has 0 aliphatic carbocycles. The van der Waals surface area contributed by atoms with Gasteiger partial charge in [0.1, 0.15) is 5.88 Å². The van der Waals surface area contributed by atoms with Gasteiger partial charge >= 0.3 is 0 Å². The molecular formula is C14H17ClN2O2. The normalized spacial score (nSPS) is 13.9. The number of halogens is 1. The van der Waals surface area contributed by atoms with Crippen molar-refractivity contribution < 1.29 is 9.59 Å². The van der Waals surface area contributed by atoms with Crippen LogP contribution in [0.3, 0.4) is 0 Å². The molecule has 1 aliphatic heterocycles. The Morgan fingerprint density at radius 1 is 1.42 bits per heavy atom. The highest BCUT2D eigenvalue weighted by Crippen LogP contribution is 2.36. The van der Waals surface area contributed by atoms with Crippen LogP contribution in [-0.2, 0) is 16.0 Å². The molecule has 2 amide bonds. The van der Waals surface area contributed by atoms with Gasteiger partial charge in [-0.15, -0.1) is 11.6 Å². The second-order valence-electron chi connectivity index (χ2n) is 4.72. The summed E-state index contributed by atoms with van der Waals surface area (Å²) >= 11 is 5.67. The van der Waals surface area contributed by atoms with Crippen molar-refractivity contribution in [1.82, 2.24) is 0 Å². The Kier molecular flexibility index (Phi) is 4.10. The first-order valence-corrected chi connectivity index (χ1v) is 6.84. The minimum absolute atomic E-state index is 0.0246. The highest BCUT2D eigenvalue weighted by Gasteiger charge is 2.25. The van der Waals surface area contributed by atoms with E-state index in [9.17, 15) is 9.59 Å². The van der Waals surface area contributed by atoms with Crippen LogP contribution in [0.5, 0.6) is 0 Å². The lowest BCUT2D eigenvalue weighted by molar-refractivity contribution is -0.116. The molecule has 1 aliphatic rings. The summed E-state index contributed by atoms with van der Waals surface area (Å²) in [7, 11) is 0. The van der Waals surface area contributed by atoms with Gasteiger partial charge < -0.3 is 10.2 Å². The lowest BCUT2D eigenvalue weighted by Crippen LogP contribution is -2.37. The molecule has 1 aromatic rings. The summed E-state index contributed by atoms with van der Waals surface area (Å²) in [5.41, 5.74) is 3.76. The van der Waals surface area contributed by atoms with E-state index in [4.69, 9.17) is 11.6 Å². The Morgan fingerprint density at radius 2 is 2.16 bits per heavy atom. The molecule has 0 radical (unpaired) electrons. The fourth-order valence-electron chi connectivity index (χ4n) is 2.54. The Labute approximate surface area is 117 Å². The van der Waals surface area contributed by atoms with Gasteiger partial charge in [-0.05, 0) is 37.0 Å². The predicted octanol–water partition coefficient (Wildman–Crippen LogP) is 2.47. The second kappa shape index (κ2) is 5.61. The first kappa shape index (κ1) is 13.9. The smallest absolute Gasteiger partial charge is 0.241 e. The number of hydrogen-bond acceptors (Lipinski definition) is 2. The number of aryl methyl sites for hydroxylation is 1. The molecule has 0 unspecified atom stereocenters. The van der Waals surface area contributed by atoms with E-state index in [1.54, 1.807) is 4.90 Å². The van der Waals surface area contributed by atoms with E-state index in [0.29, 0.717) is 6.54 Å². The molecule has 0 atom stereocenters. The van der Waals surface area contributed by atoms with E-state index in [0.717, 1.165) is 35.3 Å². The van der Waals surface area contributed by atoms with Crippen LogP contribution in [0.2, 0.25) is 0 Å². The van der Waals surface area contributed by atoms with Crippen molar-refractivity contribution in [3.05, 3.63) is 23.3 Å². The molecule has 0 saturated carbocycles. The van der Waals surface area contributed by atoms with Crippen molar-refractivity contribution in [3.63, 3.8) is 0 Å². The van der Waals surface area contributed by atoms with E-state index < -0.39 is 0 Å². The number of alkyl halides is 1. The molecule has 2 rings (SSSR count). The molecule has 1 N–H and O–H groups in total. The average molecular weight is 281 g/mol. The van der Waals surface area contributed by atoms with Gasteiger partial charge in [0.25, 0.3) is 0 Å². The van der Waals surface area contributed by atoms with E-state index in [1.807, 2.05) is 19.1 Å². The number of carbonyl (C=O) groups is 2. The van der Waals surface area contributed by atoms with E-state index in [1.165, 1.54) is 6.92 Å². The maximum absolute atomic E-state index is 11.9. The number of fused-ring (bicyclic) bond motifs is 1. The van der Waals surface area contributed by atoms with Gasteiger partial charge in [-0.1, -0.05) is 6.07 Å². The molecule has 1 heterocycles. The summed E-state index contributed by atoms with van der Waals surface area (Å²) in [5, 5.41) is 2.83. The SMILES string of the molecule is CC(=O)Nc1ccc(C)c2c1CCCN2C(=O)CCl. The minimum Gasteiger partial charge on any atom is -0.326 e. The topological polar surface area (TPSA) is 49.4 Å². The summed E-state index contributed by atoms with van der Waals surface area (Å²) < 4.78 is 0.